The summed E-state index contributed by atoms with van der Waals surface area (Å²) < 4.78 is 2.76. The number of hydrogen-bond donors (Lipinski definition) is 1. The highest BCUT2D eigenvalue weighted by Crippen LogP contribution is 2.19. The average Bonchev–Trinajstić information content (AvgIpc) is 2.29. The molecule has 0 radical (unpaired) electrons. The Morgan fingerprint density at radius 3 is 2.67 bits per heavy atom. The van der Waals surface area contributed by atoms with Crippen LogP contribution in [-0.4, -0.2) is 22.2 Å². The molecule has 0 aliphatic carbocycles. The first kappa shape index (κ1) is 11.5. The third-order valence-corrected chi connectivity index (χ3v) is 3.69. The fourth-order valence-corrected chi connectivity index (χ4v) is 2.58. The summed E-state index contributed by atoms with van der Waals surface area (Å²) in [5.74, 6) is 0. The predicted octanol–water partition coefficient (Wildman–Crippen LogP) is 0.498. The molecule has 0 atom stereocenters. The van der Waals surface area contributed by atoms with E-state index in [2.05, 4.69) is 5.32 Å². The molecule has 94 valence electrons. The van der Waals surface area contributed by atoms with E-state index in [0.29, 0.717) is 29.0 Å². The van der Waals surface area contributed by atoms with Crippen molar-refractivity contribution in [2.24, 2.45) is 7.05 Å². The van der Waals surface area contributed by atoms with Crippen LogP contribution in [0.3, 0.4) is 0 Å². The number of fused-ring (bicyclic) bond motifs is 1. The highest BCUT2D eigenvalue weighted by atomic mass is 35.5. The summed E-state index contributed by atoms with van der Waals surface area (Å²) >= 11 is 6.07. The second-order valence-electron chi connectivity index (χ2n) is 4.46. The Morgan fingerprint density at radius 1 is 1.33 bits per heavy atom. The average molecular weight is 266 g/mol. The summed E-state index contributed by atoms with van der Waals surface area (Å²) in [4.78, 5) is 24.6. The molecule has 1 saturated heterocycles. The standard InChI is InChI=1S/C12H12ClN3O2/c1-15-10-8(3-2-4-9(10)13)11(17)16(12(15)18)7-5-14-6-7/h2-4,7,14H,5-6H2,1H3. The van der Waals surface area contributed by atoms with Gasteiger partial charge >= 0.3 is 5.69 Å². The quantitative estimate of drug-likeness (QED) is 0.817. The van der Waals surface area contributed by atoms with E-state index in [4.69, 9.17) is 11.6 Å². The fraction of sp³-hybridized carbons (Fsp3) is 0.333. The maximum absolute atomic E-state index is 12.4. The van der Waals surface area contributed by atoms with Crippen molar-refractivity contribution in [3.8, 4) is 0 Å². The monoisotopic (exact) mass is 265 g/mol. The minimum absolute atomic E-state index is 0.0559. The van der Waals surface area contributed by atoms with E-state index in [9.17, 15) is 9.59 Å². The van der Waals surface area contributed by atoms with Gasteiger partial charge in [-0.2, -0.15) is 0 Å². The van der Waals surface area contributed by atoms with E-state index >= 15 is 0 Å². The molecule has 1 aliphatic heterocycles. The van der Waals surface area contributed by atoms with E-state index in [1.54, 1.807) is 25.2 Å². The highest BCUT2D eigenvalue weighted by Gasteiger charge is 2.24. The van der Waals surface area contributed by atoms with Gasteiger partial charge in [-0.1, -0.05) is 17.7 Å². The third-order valence-electron chi connectivity index (χ3n) is 3.39. The van der Waals surface area contributed by atoms with E-state index in [1.807, 2.05) is 0 Å². The van der Waals surface area contributed by atoms with E-state index in [-0.39, 0.29) is 17.3 Å². The summed E-state index contributed by atoms with van der Waals surface area (Å²) in [5.41, 5.74) is -0.0769. The maximum Gasteiger partial charge on any atom is 0.331 e. The number of rotatable bonds is 1. The van der Waals surface area contributed by atoms with Gasteiger partial charge in [0.05, 0.1) is 22.0 Å². The molecular weight excluding hydrogens is 254 g/mol. The Morgan fingerprint density at radius 2 is 2.06 bits per heavy atom. The molecule has 1 aliphatic rings. The molecule has 6 heteroatoms. The van der Waals surface area contributed by atoms with Crippen LogP contribution < -0.4 is 16.6 Å². The van der Waals surface area contributed by atoms with Gasteiger partial charge < -0.3 is 5.32 Å². The summed E-state index contributed by atoms with van der Waals surface area (Å²) in [6.45, 7) is 1.31. The van der Waals surface area contributed by atoms with E-state index < -0.39 is 0 Å². The van der Waals surface area contributed by atoms with Crippen LogP contribution in [0.15, 0.2) is 27.8 Å². The molecule has 18 heavy (non-hydrogen) atoms. The van der Waals surface area contributed by atoms with Gasteiger partial charge in [0.25, 0.3) is 5.56 Å². The topological polar surface area (TPSA) is 56.0 Å². The number of nitrogens with one attached hydrogen (secondary N) is 1. The molecule has 1 N–H and O–H groups in total. The number of hydrogen-bond acceptors (Lipinski definition) is 3. The minimum Gasteiger partial charge on any atom is -0.312 e. The van der Waals surface area contributed by atoms with Gasteiger partial charge in [-0.25, -0.2) is 4.79 Å². The molecule has 1 fully saturated rings. The van der Waals surface area contributed by atoms with Gasteiger partial charge in [0, 0.05) is 20.1 Å². The summed E-state index contributed by atoms with van der Waals surface area (Å²) in [6, 6.07) is 5.04. The first-order chi connectivity index (χ1) is 8.61. The summed E-state index contributed by atoms with van der Waals surface area (Å²) in [7, 11) is 1.64. The normalized spacial score (nSPS) is 15.9. The van der Waals surface area contributed by atoms with Crippen LogP contribution >= 0.6 is 11.6 Å². The lowest BCUT2D eigenvalue weighted by Gasteiger charge is -2.28. The van der Waals surface area contributed by atoms with Gasteiger partial charge in [0.15, 0.2) is 0 Å². The SMILES string of the molecule is Cn1c(=O)n(C2CNC2)c(=O)c2cccc(Cl)c21. The van der Waals surface area contributed by atoms with Crippen LogP contribution in [0.5, 0.6) is 0 Å². The zero-order valence-electron chi connectivity index (χ0n) is 9.81. The van der Waals surface area contributed by atoms with Crippen LogP contribution in [0.25, 0.3) is 10.9 Å². The predicted molar refractivity (Wildman–Crippen MR) is 70.4 cm³/mol. The van der Waals surface area contributed by atoms with Crippen molar-refractivity contribution in [1.82, 2.24) is 14.5 Å². The Balaban J connectivity index is 2.47. The number of halogens is 1. The van der Waals surface area contributed by atoms with Crippen molar-refractivity contribution in [3.05, 3.63) is 44.1 Å². The zero-order valence-corrected chi connectivity index (χ0v) is 10.6. The van der Waals surface area contributed by atoms with Crippen LogP contribution in [-0.2, 0) is 7.05 Å². The molecule has 1 aromatic carbocycles. The Kier molecular flexibility index (Phi) is 2.53. The van der Waals surface area contributed by atoms with Gasteiger partial charge in [0.1, 0.15) is 0 Å². The van der Waals surface area contributed by atoms with Crippen molar-refractivity contribution >= 4 is 22.5 Å². The molecular formula is C12H12ClN3O2. The van der Waals surface area contributed by atoms with Gasteiger partial charge in [0.2, 0.25) is 0 Å². The molecule has 0 unspecified atom stereocenters. The van der Waals surface area contributed by atoms with Crippen molar-refractivity contribution < 1.29 is 0 Å². The molecule has 0 bridgehead atoms. The Bertz CT molecular complexity index is 743. The van der Waals surface area contributed by atoms with Gasteiger partial charge in [-0.3, -0.25) is 13.9 Å². The lowest BCUT2D eigenvalue weighted by Crippen LogP contribution is -2.53. The molecule has 5 nitrogen and oxygen atoms in total. The molecule has 2 aromatic rings. The highest BCUT2D eigenvalue weighted by molar-refractivity contribution is 6.35. The number of aromatic nitrogens is 2. The van der Waals surface area contributed by atoms with Gasteiger partial charge in [-0.15, -0.1) is 0 Å². The third kappa shape index (κ3) is 1.44. The lowest BCUT2D eigenvalue weighted by atomic mass is 10.1. The van der Waals surface area contributed by atoms with Crippen molar-refractivity contribution in [2.75, 3.05) is 13.1 Å². The summed E-state index contributed by atoms with van der Waals surface area (Å²) in [5, 5.41) is 3.96. The first-order valence-corrected chi connectivity index (χ1v) is 6.09. The summed E-state index contributed by atoms with van der Waals surface area (Å²) in [6.07, 6.45) is 0. The molecule has 0 saturated carbocycles. The van der Waals surface area contributed by atoms with E-state index in [1.165, 1.54) is 9.13 Å². The largest absolute Gasteiger partial charge is 0.331 e. The minimum atomic E-state index is -0.313. The Hall–Kier alpha value is -1.59. The molecule has 1 aromatic heterocycles. The van der Waals surface area contributed by atoms with Crippen molar-refractivity contribution in [3.63, 3.8) is 0 Å². The zero-order chi connectivity index (χ0) is 12.9. The Labute approximate surface area is 108 Å². The van der Waals surface area contributed by atoms with Crippen molar-refractivity contribution in [1.29, 1.82) is 0 Å². The second-order valence-corrected chi connectivity index (χ2v) is 4.87. The van der Waals surface area contributed by atoms with Crippen LogP contribution in [0.1, 0.15) is 6.04 Å². The van der Waals surface area contributed by atoms with E-state index in [0.717, 1.165) is 0 Å². The lowest BCUT2D eigenvalue weighted by molar-refractivity contribution is 0.323. The number of nitrogens with zero attached hydrogens (tertiary/aromatic N) is 2. The molecule has 3 rings (SSSR count). The van der Waals surface area contributed by atoms with Crippen LogP contribution in [0.2, 0.25) is 5.02 Å². The molecule has 2 heterocycles. The number of benzene rings is 1. The van der Waals surface area contributed by atoms with Crippen molar-refractivity contribution in [2.45, 2.75) is 6.04 Å². The molecule has 0 amide bonds. The van der Waals surface area contributed by atoms with Gasteiger partial charge in [-0.05, 0) is 12.1 Å². The first-order valence-electron chi connectivity index (χ1n) is 5.71. The smallest absolute Gasteiger partial charge is 0.312 e. The van der Waals surface area contributed by atoms with Crippen LogP contribution in [0, 0.1) is 0 Å². The van der Waals surface area contributed by atoms with Crippen LogP contribution in [0.4, 0.5) is 0 Å². The fourth-order valence-electron chi connectivity index (χ4n) is 2.28. The second kappa shape index (κ2) is 3.96. The molecule has 0 spiro atoms. The maximum atomic E-state index is 12.4. The number of aryl methyl sites for hydroxylation is 1. The number of para-hydroxylation sites is 1.